The molecule has 29 heavy (non-hydrogen) atoms. The van der Waals surface area contributed by atoms with Crippen molar-refractivity contribution >= 4 is 9.84 Å². The Hall–Kier alpha value is -3.27. The monoisotopic (exact) mass is 408 g/mol. The fourth-order valence-corrected chi connectivity index (χ4v) is 3.71. The van der Waals surface area contributed by atoms with Crippen molar-refractivity contribution in [1.29, 1.82) is 0 Å². The summed E-state index contributed by atoms with van der Waals surface area (Å²) in [6, 6.07) is 18.5. The first-order valence-electron chi connectivity index (χ1n) is 8.81. The van der Waals surface area contributed by atoms with Crippen LogP contribution in [0.25, 0.3) is 0 Å². The van der Waals surface area contributed by atoms with Gasteiger partial charge in [0.2, 0.25) is 9.84 Å². The van der Waals surface area contributed by atoms with Crippen LogP contribution in [0, 0.1) is 11.8 Å². The number of hydrogen-bond donors (Lipinski definition) is 2. The zero-order valence-electron chi connectivity index (χ0n) is 16.0. The number of phenolic OH excluding ortho intramolecular Hbond substituents is 1. The molecule has 0 unspecified atom stereocenters. The van der Waals surface area contributed by atoms with Gasteiger partial charge in [-0.1, -0.05) is 17.9 Å². The Balaban J connectivity index is 1.79. The lowest BCUT2D eigenvalue weighted by Crippen LogP contribution is -2.14. The predicted octanol–water partition coefficient (Wildman–Crippen LogP) is 4.14. The number of hydrogen-bond acceptors (Lipinski definition) is 5. The number of ether oxygens (including phenoxy) is 1. The van der Waals surface area contributed by atoms with Gasteiger partial charge in [0.25, 0.3) is 0 Å². The van der Waals surface area contributed by atoms with Crippen molar-refractivity contribution in [2.75, 3.05) is 0 Å². The minimum Gasteiger partial charge on any atom is -0.508 e. The molecule has 0 atom stereocenters. The van der Waals surface area contributed by atoms with Crippen LogP contribution in [0.3, 0.4) is 0 Å². The minimum absolute atomic E-state index is 0.00201. The summed E-state index contributed by atoms with van der Waals surface area (Å²) in [5, 5.41) is 19.0. The fraction of sp³-hybridized carbons (Fsp3) is 0.130. The maximum atomic E-state index is 12.7. The Morgan fingerprint density at radius 1 is 0.862 bits per heavy atom. The van der Waals surface area contributed by atoms with E-state index < -0.39 is 15.4 Å². The lowest BCUT2D eigenvalue weighted by atomic mass is 10.1. The van der Waals surface area contributed by atoms with Crippen molar-refractivity contribution < 1.29 is 23.4 Å². The first-order valence-corrected chi connectivity index (χ1v) is 10.3. The molecule has 0 fully saturated rings. The third-order valence-electron chi connectivity index (χ3n) is 3.86. The summed E-state index contributed by atoms with van der Waals surface area (Å²) in [4.78, 5) is 0.224. The molecule has 3 rings (SSSR count). The average molecular weight is 408 g/mol. The van der Waals surface area contributed by atoms with E-state index in [0.717, 1.165) is 0 Å². The van der Waals surface area contributed by atoms with Gasteiger partial charge < -0.3 is 14.9 Å². The van der Waals surface area contributed by atoms with E-state index in [1.807, 2.05) is 0 Å². The highest BCUT2D eigenvalue weighted by Crippen LogP contribution is 2.27. The number of rotatable bonds is 4. The largest absolute Gasteiger partial charge is 0.508 e. The SMILES string of the molecule is CC(C)(O)C#Cc1cccc(Oc2ccc(S(=O)(=O)c3ccc(O)cc3)cc2)c1. The van der Waals surface area contributed by atoms with E-state index in [0.29, 0.717) is 17.1 Å². The van der Waals surface area contributed by atoms with Gasteiger partial charge >= 0.3 is 0 Å². The van der Waals surface area contributed by atoms with E-state index >= 15 is 0 Å². The Labute approximate surface area is 170 Å². The van der Waals surface area contributed by atoms with E-state index in [-0.39, 0.29) is 15.5 Å². The molecule has 3 aromatic carbocycles. The minimum atomic E-state index is -3.68. The number of benzene rings is 3. The normalized spacial score (nSPS) is 11.4. The number of aromatic hydroxyl groups is 1. The molecule has 0 spiro atoms. The van der Waals surface area contributed by atoms with Crippen LogP contribution < -0.4 is 4.74 Å². The molecule has 5 nitrogen and oxygen atoms in total. The molecule has 0 amide bonds. The third kappa shape index (κ3) is 5.38. The Morgan fingerprint density at radius 2 is 1.45 bits per heavy atom. The molecule has 0 bridgehead atoms. The van der Waals surface area contributed by atoms with E-state index in [4.69, 9.17) is 4.74 Å². The van der Waals surface area contributed by atoms with E-state index in [1.54, 1.807) is 50.2 Å². The Morgan fingerprint density at radius 3 is 2.03 bits per heavy atom. The van der Waals surface area contributed by atoms with Crippen molar-refractivity contribution in [3.63, 3.8) is 0 Å². The van der Waals surface area contributed by atoms with E-state index in [1.165, 1.54) is 36.4 Å². The van der Waals surface area contributed by atoms with Crippen molar-refractivity contribution in [2.24, 2.45) is 0 Å². The van der Waals surface area contributed by atoms with Gasteiger partial charge in [-0.3, -0.25) is 0 Å². The summed E-state index contributed by atoms with van der Waals surface area (Å²) < 4.78 is 31.1. The topological polar surface area (TPSA) is 83.8 Å². The third-order valence-corrected chi connectivity index (χ3v) is 5.65. The van der Waals surface area contributed by atoms with Gasteiger partial charge in [-0.05, 0) is 80.6 Å². The van der Waals surface area contributed by atoms with Gasteiger partial charge in [0.15, 0.2) is 0 Å². The second-order valence-corrected chi connectivity index (χ2v) is 8.86. The van der Waals surface area contributed by atoms with Crippen LogP contribution in [-0.4, -0.2) is 24.2 Å². The Bertz CT molecular complexity index is 1160. The van der Waals surface area contributed by atoms with E-state index in [9.17, 15) is 18.6 Å². The highest BCUT2D eigenvalue weighted by atomic mass is 32.2. The molecule has 148 valence electrons. The molecule has 0 heterocycles. The number of sulfone groups is 1. The summed E-state index contributed by atoms with van der Waals surface area (Å²) in [6.45, 7) is 3.21. The van der Waals surface area contributed by atoms with Gasteiger partial charge in [-0.15, -0.1) is 0 Å². The maximum Gasteiger partial charge on any atom is 0.206 e. The molecule has 0 aliphatic rings. The van der Waals surface area contributed by atoms with Gasteiger partial charge in [0, 0.05) is 5.56 Å². The van der Waals surface area contributed by atoms with Crippen LogP contribution in [0.15, 0.2) is 82.6 Å². The molecule has 0 aromatic heterocycles. The number of aliphatic hydroxyl groups is 1. The first kappa shape index (κ1) is 20.5. The quantitative estimate of drug-likeness (QED) is 0.634. The van der Waals surface area contributed by atoms with Crippen molar-refractivity contribution in [3.05, 3.63) is 78.4 Å². The second kappa shape index (κ2) is 8.00. The van der Waals surface area contributed by atoms with Crippen LogP contribution >= 0.6 is 0 Å². The lowest BCUT2D eigenvalue weighted by molar-refractivity contribution is 0.143. The van der Waals surface area contributed by atoms with E-state index in [2.05, 4.69) is 11.8 Å². The second-order valence-electron chi connectivity index (χ2n) is 6.91. The molecule has 0 saturated carbocycles. The fourth-order valence-electron chi connectivity index (χ4n) is 2.45. The van der Waals surface area contributed by atoms with Crippen LogP contribution in [0.4, 0.5) is 0 Å². The highest BCUT2D eigenvalue weighted by molar-refractivity contribution is 7.91. The zero-order valence-corrected chi connectivity index (χ0v) is 16.8. The predicted molar refractivity (Wildman–Crippen MR) is 110 cm³/mol. The van der Waals surface area contributed by atoms with Crippen molar-refractivity contribution in [3.8, 4) is 29.1 Å². The van der Waals surface area contributed by atoms with Crippen LogP contribution in [0.5, 0.6) is 17.2 Å². The molecular weight excluding hydrogens is 388 g/mol. The lowest BCUT2D eigenvalue weighted by Gasteiger charge is -2.09. The molecular formula is C23H20O5S. The molecule has 3 aromatic rings. The van der Waals surface area contributed by atoms with Gasteiger partial charge in [0.05, 0.1) is 9.79 Å². The molecule has 2 N–H and O–H groups in total. The van der Waals surface area contributed by atoms with Crippen LogP contribution in [-0.2, 0) is 9.84 Å². The summed E-state index contributed by atoms with van der Waals surface area (Å²) in [6.07, 6.45) is 0. The first-order chi connectivity index (χ1) is 13.6. The Kier molecular flexibility index (Phi) is 5.64. The summed E-state index contributed by atoms with van der Waals surface area (Å²) in [7, 11) is -3.68. The molecule has 0 aliphatic heterocycles. The summed E-state index contributed by atoms with van der Waals surface area (Å²) in [5.41, 5.74) is -0.397. The standard InChI is InChI=1S/C23H20O5S/c1-23(2,25)15-14-17-4-3-5-20(16-17)28-19-8-12-22(13-9-19)29(26,27)21-10-6-18(24)7-11-21/h3-13,16,24-25H,1-2H3. The molecule has 0 saturated heterocycles. The molecule has 0 radical (unpaired) electrons. The van der Waals surface area contributed by atoms with Gasteiger partial charge in [0.1, 0.15) is 22.8 Å². The van der Waals surface area contributed by atoms with Gasteiger partial charge in [-0.25, -0.2) is 8.42 Å². The zero-order chi connectivity index (χ0) is 21.1. The van der Waals surface area contributed by atoms with Crippen molar-refractivity contribution in [1.82, 2.24) is 0 Å². The van der Waals surface area contributed by atoms with Crippen LogP contribution in [0.1, 0.15) is 19.4 Å². The summed E-state index contributed by atoms with van der Waals surface area (Å²) >= 11 is 0. The van der Waals surface area contributed by atoms with Gasteiger partial charge in [-0.2, -0.15) is 0 Å². The summed E-state index contributed by atoms with van der Waals surface area (Å²) in [5.74, 6) is 6.64. The molecule has 0 aliphatic carbocycles. The van der Waals surface area contributed by atoms with Crippen molar-refractivity contribution in [2.45, 2.75) is 29.2 Å². The van der Waals surface area contributed by atoms with Crippen LogP contribution in [0.2, 0.25) is 0 Å². The smallest absolute Gasteiger partial charge is 0.206 e. The molecule has 6 heteroatoms. The number of phenols is 1. The highest BCUT2D eigenvalue weighted by Gasteiger charge is 2.17. The average Bonchev–Trinajstić information content (AvgIpc) is 2.67. The maximum absolute atomic E-state index is 12.7.